The number of rotatable bonds is 7. The van der Waals surface area contributed by atoms with E-state index in [0.29, 0.717) is 5.69 Å². The molecule has 5 nitrogen and oxygen atoms in total. The third-order valence-electron chi connectivity index (χ3n) is 4.86. The zero-order valence-corrected chi connectivity index (χ0v) is 15.8. The predicted octanol–water partition coefficient (Wildman–Crippen LogP) is 2.49. The summed E-state index contributed by atoms with van der Waals surface area (Å²) in [7, 11) is -3.24. The van der Waals surface area contributed by atoms with Crippen molar-refractivity contribution in [3.63, 3.8) is 0 Å². The molecule has 0 bridgehead atoms. The predicted molar refractivity (Wildman–Crippen MR) is 105 cm³/mol. The molecule has 26 heavy (non-hydrogen) atoms. The van der Waals surface area contributed by atoms with E-state index in [1.165, 1.54) is 5.56 Å². The van der Waals surface area contributed by atoms with Crippen LogP contribution in [0.2, 0.25) is 0 Å². The molecule has 0 aromatic heterocycles. The Kier molecular flexibility index (Phi) is 5.96. The highest BCUT2D eigenvalue weighted by Gasteiger charge is 2.26. The summed E-state index contributed by atoms with van der Waals surface area (Å²) < 4.78 is 24.9. The minimum Gasteiger partial charge on any atom is -0.388 e. The standard InChI is InChI=1S/C20H26N2O3S/c1-26(24,25)22-18-10-6-15(7-11-18)12-13-21-14-17-9-8-16-4-2-3-5-19(16)20(17)23/h2-7,10-11,17,20-23H,8-9,12-14H2,1H3. The van der Waals surface area contributed by atoms with Crippen molar-refractivity contribution in [2.45, 2.75) is 25.4 Å². The van der Waals surface area contributed by atoms with Crippen LogP contribution >= 0.6 is 0 Å². The minimum absolute atomic E-state index is 0.242. The van der Waals surface area contributed by atoms with Gasteiger partial charge in [0.2, 0.25) is 10.0 Å². The van der Waals surface area contributed by atoms with Crippen LogP contribution in [-0.2, 0) is 22.9 Å². The summed E-state index contributed by atoms with van der Waals surface area (Å²) in [5.74, 6) is 0.242. The summed E-state index contributed by atoms with van der Waals surface area (Å²) in [6.45, 7) is 1.62. The van der Waals surface area contributed by atoms with Gasteiger partial charge in [-0.25, -0.2) is 8.42 Å². The summed E-state index contributed by atoms with van der Waals surface area (Å²) in [5, 5.41) is 14.0. The highest BCUT2D eigenvalue weighted by molar-refractivity contribution is 7.92. The molecule has 3 N–H and O–H groups in total. The van der Waals surface area contributed by atoms with Gasteiger partial charge in [0.1, 0.15) is 0 Å². The lowest BCUT2D eigenvalue weighted by Gasteiger charge is -2.30. The number of aryl methyl sites for hydroxylation is 1. The molecular weight excluding hydrogens is 348 g/mol. The van der Waals surface area contributed by atoms with Crippen molar-refractivity contribution in [3.05, 3.63) is 65.2 Å². The largest absolute Gasteiger partial charge is 0.388 e. The van der Waals surface area contributed by atoms with Crippen LogP contribution in [0, 0.1) is 5.92 Å². The highest BCUT2D eigenvalue weighted by Crippen LogP contribution is 2.33. The lowest BCUT2D eigenvalue weighted by atomic mass is 9.81. The van der Waals surface area contributed by atoms with Crippen LogP contribution < -0.4 is 10.0 Å². The number of hydrogen-bond acceptors (Lipinski definition) is 4. The monoisotopic (exact) mass is 374 g/mol. The molecule has 0 saturated carbocycles. The summed E-state index contributed by atoms with van der Waals surface area (Å²) in [6, 6.07) is 15.6. The average molecular weight is 375 g/mol. The maximum absolute atomic E-state index is 11.2. The van der Waals surface area contributed by atoms with E-state index in [-0.39, 0.29) is 5.92 Å². The fourth-order valence-corrected chi connectivity index (χ4v) is 4.05. The summed E-state index contributed by atoms with van der Waals surface area (Å²) in [4.78, 5) is 0. The van der Waals surface area contributed by atoms with E-state index in [0.717, 1.165) is 49.7 Å². The molecule has 0 radical (unpaired) electrons. The van der Waals surface area contributed by atoms with Gasteiger partial charge in [0.05, 0.1) is 12.4 Å². The first-order valence-electron chi connectivity index (χ1n) is 8.96. The van der Waals surface area contributed by atoms with Gasteiger partial charge >= 0.3 is 0 Å². The summed E-state index contributed by atoms with van der Waals surface area (Å²) >= 11 is 0. The van der Waals surface area contributed by atoms with E-state index >= 15 is 0 Å². The molecule has 1 aliphatic rings. The van der Waals surface area contributed by atoms with E-state index in [4.69, 9.17) is 0 Å². The van der Waals surface area contributed by atoms with E-state index in [1.807, 2.05) is 30.3 Å². The lowest BCUT2D eigenvalue weighted by Crippen LogP contribution is -2.31. The smallest absolute Gasteiger partial charge is 0.229 e. The molecule has 3 rings (SSSR count). The van der Waals surface area contributed by atoms with Crippen LogP contribution in [0.4, 0.5) is 5.69 Å². The maximum Gasteiger partial charge on any atom is 0.229 e. The molecule has 140 valence electrons. The van der Waals surface area contributed by atoms with Gasteiger partial charge in [-0.1, -0.05) is 36.4 Å². The fourth-order valence-electron chi connectivity index (χ4n) is 3.49. The Morgan fingerprint density at radius 2 is 1.85 bits per heavy atom. The number of benzene rings is 2. The number of nitrogens with one attached hydrogen (secondary N) is 2. The lowest BCUT2D eigenvalue weighted by molar-refractivity contribution is 0.0931. The van der Waals surface area contributed by atoms with Crippen molar-refractivity contribution in [2.24, 2.45) is 5.92 Å². The van der Waals surface area contributed by atoms with Gasteiger partial charge in [-0.05, 0) is 54.6 Å². The molecule has 0 fully saturated rings. The molecule has 1 aliphatic carbocycles. The second kappa shape index (κ2) is 8.20. The number of sulfonamides is 1. The van der Waals surface area contributed by atoms with Gasteiger partial charge in [-0.2, -0.15) is 0 Å². The number of fused-ring (bicyclic) bond motifs is 1. The van der Waals surface area contributed by atoms with E-state index < -0.39 is 16.1 Å². The van der Waals surface area contributed by atoms with Crippen molar-refractivity contribution in [2.75, 3.05) is 24.1 Å². The number of aliphatic hydroxyl groups is 1. The Labute approximate surface area is 155 Å². The fraction of sp³-hybridized carbons (Fsp3) is 0.400. The van der Waals surface area contributed by atoms with Gasteiger partial charge in [-0.3, -0.25) is 4.72 Å². The SMILES string of the molecule is CS(=O)(=O)Nc1ccc(CCNCC2CCc3ccccc3C2O)cc1. The zero-order valence-electron chi connectivity index (χ0n) is 15.0. The van der Waals surface area contributed by atoms with Crippen LogP contribution in [0.3, 0.4) is 0 Å². The quantitative estimate of drug-likeness (QED) is 0.651. The van der Waals surface area contributed by atoms with Gasteiger partial charge in [0, 0.05) is 18.2 Å². The Morgan fingerprint density at radius 3 is 2.58 bits per heavy atom. The Balaban J connectivity index is 1.45. The maximum atomic E-state index is 11.2. The first-order valence-corrected chi connectivity index (χ1v) is 10.8. The number of aliphatic hydroxyl groups excluding tert-OH is 1. The van der Waals surface area contributed by atoms with Crippen LogP contribution in [0.5, 0.6) is 0 Å². The van der Waals surface area contributed by atoms with Crippen molar-refractivity contribution in [3.8, 4) is 0 Å². The molecule has 2 aromatic carbocycles. The molecule has 0 amide bonds. The third-order valence-corrected chi connectivity index (χ3v) is 5.47. The summed E-state index contributed by atoms with van der Waals surface area (Å²) in [6.07, 6.45) is 3.63. The van der Waals surface area contributed by atoms with E-state index in [9.17, 15) is 13.5 Å². The molecular formula is C20H26N2O3S. The Morgan fingerprint density at radius 1 is 1.12 bits per heavy atom. The van der Waals surface area contributed by atoms with Crippen molar-refractivity contribution in [1.29, 1.82) is 0 Å². The van der Waals surface area contributed by atoms with Crippen molar-refractivity contribution in [1.82, 2.24) is 5.32 Å². The molecule has 6 heteroatoms. The van der Waals surface area contributed by atoms with Crippen LogP contribution in [-0.4, -0.2) is 32.9 Å². The highest BCUT2D eigenvalue weighted by atomic mass is 32.2. The third kappa shape index (κ3) is 5.06. The molecule has 0 saturated heterocycles. The Bertz CT molecular complexity index is 834. The molecule has 0 heterocycles. The van der Waals surface area contributed by atoms with Crippen LogP contribution in [0.25, 0.3) is 0 Å². The topological polar surface area (TPSA) is 78.4 Å². The van der Waals surface area contributed by atoms with Crippen LogP contribution in [0.1, 0.15) is 29.2 Å². The number of anilines is 1. The molecule has 0 spiro atoms. The molecule has 0 aliphatic heterocycles. The molecule has 2 atom stereocenters. The van der Waals surface area contributed by atoms with Gasteiger partial charge in [-0.15, -0.1) is 0 Å². The van der Waals surface area contributed by atoms with E-state index in [1.54, 1.807) is 12.1 Å². The van der Waals surface area contributed by atoms with E-state index in [2.05, 4.69) is 16.1 Å². The molecule has 2 unspecified atom stereocenters. The van der Waals surface area contributed by atoms with Crippen molar-refractivity contribution < 1.29 is 13.5 Å². The first kappa shape index (κ1) is 18.9. The second-order valence-corrected chi connectivity index (χ2v) is 8.72. The summed E-state index contributed by atoms with van der Waals surface area (Å²) in [5.41, 5.74) is 4.05. The second-order valence-electron chi connectivity index (χ2n) is 6.97. The zero-order chi connectivity index (χ0) is 18.6. The van der Waals surface area contributed by atoms with Gasteiger partial charge in [0.15, 0.2) is 0 Å². The normalized spacial score (nSPS) is 19.8. The minimum atomic E-state index is -3.24. The Hall–Kier alpha value is -1.89. The number of hydrogen-bond donors (Lipinski definition) is 3. The van der Waals surface area contributed by atoms with Gasteiger partial charge < -0.3 is 10.4 Å². The van der Waals surface area contributed by atoms with Crippen LogP contribution in [0.15, 0.2) is 48.5 Å². The van der Waals surface area contributed by atoms with Gasteiger partial charge in [0.25, 0.3) is 0 Å². The van der Waals surface area contributed by atoms with Crippen molar-refractivity contribution >= 4 is 15.7 Å². The first-order chi connectivity index (χ1) is 12.4. The average Bonchev–Trinajstić information content (AvgIpc) is 2.61. The molecule has 2 aromatic rings.